The van der Waals surface area contributed by atoms with Gasteiger partial charge in [-0.3, -0.25) is 0 Å². The van der Waals surface area contributed by atoms with E-state index in [0.717, 1.165) is 29.2 Å². The third kappa shape index (κ3) is 3.65. The first-order valence-corrected chi connectivity index (χ1v) is 10.9. The number of rotatable bonds is 5. The highest BCUT2D eigenvalue weighted by Gasteiger charge is 2.32. The Hall–Kier alpha value is -2.72. The molecule has 0 aromatic carbocycles. The van der Waals surface area contributed by atoms with Gasteiger partial charge in [0.1, 0.15) is 12.1 Å². The van der Waals surface area contributed by atoms with Gasteiger partial charge >= 0.3 is 0 Å². The van der Waals surface area contributed by atoms with Crippen LogP contribution in [0.3, 0.4) is 0 Å². The summed E-state index contributed by atoms with van der Waals surface area (Å²) in [6, 6.07) is 5.01. The lowest BCUT2D eigenvalue weighted by molar-refractivity contribution is 0.358. The first-order chi connectivity index (χ1) is 13.9. The molecule has 0 atom stereocenters. The van der Waals surface area contributed by atoms with Crippen LogP contribution in [0.4, 0.5) is 5.82 Å². The van der Waals surface area contributed by atoms with Crippen molar-refractivity contribution in [3.63, 3.8) is 0 Å². The Morgan fingerprint density at radius 1 is 1.10 bits per heavy atom. The lowest BCUT2D eigenvalue weighted by atomic mass is 10.2. The molecule has 3 aromatic heterocycles. The number of aryl methyl sites for hydroxylation is 2. The Morgan fingerprint density at radius 2 is 1.86 bits per heavy atom. The Balaban J connectivity index is 1.49. The van der Waals surface area contributed by atoms with Crippen LogP contribution < -0.4 is 4.90 Å². The fraction of sp³-hybridized carbons (Fsp3) is 0.421. The van der Waals surface area contributed by atoms with Crippen LogP contribution >= 0.6 is 0 Å². The zero-order valence-electron chi connectivity index (χ0n) is 16.6. The minimum Gasteiger partial charge on any atom is -0.440 e. The minimum atomic E-state index is -3.73. The van der Waals surface area contributed by atoms with Gasteiger partial charge in [0.15, 0.2) is 5.76 Å². The maximum atomic E-state index is 13.0. The highest BCUT2D eigenvalue weighted by molar-refractivity contribution is 7.89. The molecule has 4 heterocycles. The third-order valence-electron chi connectivity index (χ3n) is 5.19. The van der Waals surface area contributed by atoms with Gasteiger partial charge in [0, 0.05) is 43.5 Å². The van der Waals surface area contributed by atoms with Crippen LogP contribution in [-0.2, 0) is 16.4 Å². The minimum absolute atomic E-state index is 0.0929. The first-order valence-electron chi connectivity index (χ1n) is 9.49. The summed E-state index contributed by atoms with van der Waals surface area (Å²) in [7, 11) is -3.73. The quantitative estimate of drug-likeness (QED) is 0.623. The lowest BCUT2D eigenvalue weighted by Crippen LogP contribution is -2.48. The largest absolute Gasteiger partial charge is 0.440 e. The molecule has 1 aliphatic rings. The van der Waals surface area contributed by atoms with Crippen molar-refractivity contribution < 1.29 is 17.4 Å². The highest BCUT2D eigenvalue weighted by atomic mass is 32.2. The Bertz CT molecular complexity index is 1110. The van der Waals surface area contributed by atoms with E-state index >= 15 is 0 Å². The van der Waals surface area contributed by atoms with Crippen molar-refractivity contribution in [2.75, 3.05) is 31.1 Å². The van der Waals surface area contributed by atoms with Gasteiger partial charge in [0.25, 0.3) is 10.0 Å². The number of aromatic nitrogens is 3. The van der Waals surface area contributed by atoms with Gasteiger partial charge in [-0.1, -0.05) is 12.1 Å². The van der Waals surface area contributed by atoms with Gasteiger partial charge in [-0.25, -0.2) is 18.4 Å². The molecule has 10 heteroatoms. The fourth-order valence-electron chi connectivity index (χ4n) is 3.26. The van der Waals surface area contributed by atoms with E-state index in [9.17, 15) is 8.42 Å². The van der Waals surface area contributed by atoms with Crippen LogP contribution in [0.5, 0.6) is 0 Å². The second kappa shape index (κ2) is 7.60. The highest BCUT2D eigenvalue weighted by Crippen LogP contribution is 2.30. The summed E-state index contributed by atoms with van der Waals surface area (Å²) in [5.41, 5.74) is 2.53. The average molecular weight is 417 g/mol. The monoisotopic (exact) mass is 417 g/mol. The average Bonchev–Trinajstić information content (AvgIpc) is 3.36. The zero-order chi connectivity index (χ0) is 20.6. The number of hydrogen-bond donors (Lipinski definition) is 0. The summed E-state index contributed by atoms with van der Waals surface area (Å²) in [6.45, 7) is 7.52. The molecular weight excluding hydrogens is 394 g/mol. The summed E-state index contributed by atoms with van der Waals surface area (Å²) in [5.74, 6) is 1.63. The van der Waals surface area contributed by atoms with Crippen molar-refractivity contribution in [3.05, 3.63) is 41.5 Å². The third-order valence-corrected chi connectivity index (χ3v) is 6.96. The topological polar surface area (TPSA) is 106 Å². The van der Waals surface area contributed by atoms with Crippen LogP contribution in [0, 0.1) is 13.8 Å². The number of anilines is 1. The Labute approximate surface area is 169 Å². The first kappa shape index (κ1) is 19.6. The van der Waals surface area contributed by atoms with Crippen LogP contribution in [0.25, 0.3) is 11.5 Å². The molecule has 1 fully saturated rings. The summed E-state index contributed by atoms with van der Waals surface area (Å²) >= 11 is 0. The van der Waals surface area contributed by atoms with Gasteiger partial charge in [0.05, 0.1) is 5.69 Å². The van der Waals surface area contributed by atoms with E-state index in [1.54, 1.807) is 12.4 Å². The number of piperazine rings is 1. The predicted octanol–water partition coefficient (Wildman–Crippen LogP) is 2.41. The van der Waals surface area contributed by atoms with E-state index in [0.29, 0.717) is 37.7 Å². The predicted molar refractivity (Wildman–Crippen MR) is 106 cm³/mol. The summed E-state index contributed by atoms with van der Waals surface area (Å²) in [4.78, 5) is 10.6. The molecule has 9 nitrogen and oxygen atoms in total. The molecule has 3 aromatic rings. The Kier molecular flexibility index (Phi) is 5.13. The van der Waals surface area contributed by atoms with E-state index in [-0.39, 0.29) is 5.09 Å². The second-order valence-electron chi connectivity index (χ2n) is 6.95. The number of furan rings is 1. The molecule has 0 bridgehead atoms. The molecule has 1 saturated heterocycles. The van der Waals surface area contributed by atoms with Crippen LogP contribution in [0.15, 0.2) is 38.6 Å². The van der Waals surface area contributed by atoms with Gasteiger partial charge in [-0.05, 0) is 32.4 Å². The lowest BCUT2D eigenvalue weighted by Gasteiger charge is -2.34. The van der Waals surface area contributed by atoms with Gasteiger partial charge in [-0.15, -0.1) is 0 Å². The summed E-state index contributed by atoms with van der Waals surface area (Å²) in [5, 5.41) is 3.80. The molecule has 0 spiro atoms. The van der Waals surface area contributed by atoms with Crippen molar-refractivity contribution in [1.82, 2.24) is 19.4 Å². The summed E-state index contributed by atoms with van der Waals surface area (Å²) in [6.07, 6.45) is 2.38. The van der Waals surface area contributed by atoms with Crippen molar-refractivity contribution in [1.29, 1.82) is 0 Å². The van der Waals surface area contributed by atoms with Crippen LogP contribution in [0.1, 0.15) is 23.9 Å². The van der Waals surface area contributed by atoms with E-state index in [1.807, 2.05) is 26.8 Å². The van der Waals surface area contributed by atoms with Gasteiger partial charge in [-0.2, -0.15) is 4.31 Å². The van der Waals surface area contributed by atoms with Crippen molar-refractivity contribution >= 4 is 15.8 Å². The summed E-state index contributed by atoms with van der Waals surface area (Å²) < 4.78 is 38.3. The smallest absolute Gasteiger partial charge is 0.276 e. The van der Waals surface area contributed by atoms with Crippen molar-refractivity contribution in [3.8, 4) is 11.5 Å². The molecule has 0 aliphatic carbocycles. The molecule has 0 amide bonds. The van der Waals surface area contributed by atoms with Gasteiger partial charge < -0.3 is 13.8 Å². The molecule has 0 unspecified atom stereocenters. The molecule has 1 aliphatic heterocycles. The van der Waals surface area contributed by atoms with E-state index < -0.39 is 10.0 Å². The van der Waals surface area contributed by atoms with Crippen LogP contribution in [-0.4, -0.2) is 54.0 Å². The molecule has 0 saturated carbocycles. The second-order valence-corrected chi connectivity index (χ2v) is 8.82. The maximum absolute atomic E-state index is 13.0. The van der Waals surface area contributed by atoms with E-state index in [1.165, 1.54) is 10.4 Å². The number of nitrogens with zero attached hydrogens (tertiary/aromatic N) is 5. The van der Waals surface area contributed by atoms with Crippen molar-refractivity contribution in [2.24, 2.45) is 0 Å². The van der Waals surface area contributed by atoms with E-state index in [2.05, 4.69) is 20.0 Å². The zero-order valence-corrected chi connectivity index (χ0v) is 17.4. The molecular formula is C19H23N5O4S. The number of sulfonamides is 1. The molecule has 0 radical (unpaired) electrons. The SMILES string of the molecule is CCc1cc(N2CCN(S(=O)(=O)c3ccc(-c4onc(C)c4C)o3)CC2)ncn1. The van der Waals surface area contributed by atoms with Crippen LogP contribution in [0.2, 0.25) is 0 Å². The fourth-order valence-corrected chi connectivity index (χ4v) is 4.60. The van der Waals surface area contributed by atoms with Crippen molar-refractivity contribution in [2.45, 2.75) is 32.3 Å². The molecule has 29 heavy (non-hydrogen) atoms. The standard InChI is InChI=1S/C19H23N5O4S/c1-4-15-11-17(21-12-20-15)23-7-9-24(10-8-23)29(25,26)18-6-5-16(27-18)19-13(2)14(3)22-28-19/h5-6,11-12H,4,7-10H2,1-3H3. The Morgan fingerprint density at radius 3 is 2.52 bits per heavy atom. The normalized spacial score (nSPS) is 15.8. The van der Waals surface area contributed by atoms with E-state index in [4.69, 9.17) is 8.94 Å². The molecule has 154 valence electrons. The van der Waals surface area contributed by atoms with Gasteiger partial charge in [0.2, 0.25) is 10.9 Å². The molecule has 0 N–H and O–H groups in total. The molecule has 4 rings (SSSR count). The number of hydrogen-bond acceptors (Lipinski definition) is 8. The maximum Gasteiger partial charge on any atom is 0.276 e.